The highest BCUT2D eigenvalue weighted by Gasteiger charge is 2.18. The zero-order valence-electron chi connectivity index (χ0n) is 20.2. The SMILES string of the molecule is Cc1cc(NC(=O)c2ccc(C)c(C)c2)n(-c2nc3c(cnn3-c3cccc(C)c3C)c(=O)[nH]2)n1. The molecule has 5 rings (SSSR count). The molecule has 176 valence electrons. The van der Waals surface area contributed by atoms with E-state index in [4.69, 9.17) is 0 Å². The number of hydrogen-bond donors (Lipinski definition) is 2. The first-order valence-electron chi connectivity index (χ1n) is 11.2. The zero-order chi connectivity index (χ0) is 24.9. The first kappa shape index (κ1) is 22.3. The van der Waals surface area contributed by atoms with Gasteiger partial charge in [0.2, 0.25) is 5.95 Å². The van der Waals surface area contributed by atoms with Crippen molar-refractivity contribution in [2.24, 2.45) is 0 Å². The molecule has 9 heteroatoms. The van der Waals surface area contributed by atoms with Crippen molar-refractivity contribution in [3.63, 3.8) is 0 Å². The number of rotatable bonds is 4. The van der Waals surface area contributed by atoms with Crippen LogP contribution in [0.25, 0.3) is 22.7 Å². The zero-order valence-corrected chi connectivity index (χ0v) is 20.2. The number of amides is 1. The van der Waals surface area contributed by atoms with Gasteiger partial charge in [-0.15, -0.1) is 0 Å². The van der Waals surface area contributed by atoms with Crippen LogP contribution in [0.3, 0.4) is 0 Å². The lowest BCUT2D eigenvalue weighted by Crippen LogP contribution is -2.19. The summed E-state index contributed by atoms with van der Waals surface area (Å²) in [6.45, 7) is 9.79. The third-order valence-electron chi connectivity index (χ3n) is 6.27. The summed E-state index contributed by atoms with van der Waals surface area (Å²) in [7, 11) is 0. The molecule has 3 aromatic heterocycles. The predicted molar refractivity (Wildman–Crippen MR) is 135 cm³/mol. The molecular weight excluding hydrogens is 442 g/mol. The summed E-state index contributed by atoms with van der Waals surface area (Å²) in [6, 6.07) is 13.2. The number of carbonyl (C=O) groups excluding carboxylic acids is 1. The van der Waals surface area contributed by atoms with Crippen LogP contribution in [0, 0.1) is 34.6 Å². The highest BCUT2D eigenvalue weighted by atomic mass is 16.2. The maximum absolute atomic E-state index is 13.0. The Labute approximate surface area is 201 Å². The second kappa shape index (κ2) is 8.35. The van der Waals surface area contributed by atoms with E-state index in [1.807, 2.05) is 58.0 Å². The summed E-state index contributed by atoms with van der Waals surface area (Å²) in [6.07, 6.45) is 1.50. The van der Waals surface area contributed by atoms with Gasteiger partial charge in [0.05, 0.1) is 17.6 Å². The van der Waals surface area contributed by atoms with Gasteiger partial charge in [0.1, 0.15) is 11.2 Å². The van der Waals surface area contributed by atoms with Crippen LogP contribution in [0.4, 0.5) is 5.82 Å². The number of nitrogens with one attached hydrogen (secondary N) is 2. The molecule has 0 fully saturated rings. The van der Waals surface area contributed by atoms with Crippen LogP contribution >= 0.6 is 0 Å². The predicted octanol–water partition coefficient (Wildman–Crippen LogP) is 4.09. The van der Waals surface area contributed by atoms with Crippen molar-refractivity contribution in [1.82, 2.24) is 29.5 Å². The van der Waals surface area contributed by atoms with Crippen molar-refractivity contribution in [2.45, 2.75) is 34.6 Å². The third-order valence-corrected chi connectivity index (χ3v) is 6.27. The number of aromatic amines is 1. The van der Waals surface area contributed by atoms with Crippen LogP contribution in [0.15, 0.2) is 53.5 Å². The van der Waals surface area contributed by atoms with E-state index in [1.54, 1.807) is 23.7 Å². The Morgan fingerprint density at radius 3 is 2.51 bits per heavy atom. The summed E-state index contributed by atoms with van der Waals surface area (Å²) >= 11 is 0. The molecule has 0 spiro atoms. The quantitative estimate of drug-likeness (QED) is 0.414. The number of hydrogen-bond acceptors (Lipinski definition) is 5. The van der Waals surface area contributed by atoms with E-state index in [1.165, 1.54) is 10.9 Å². The molecule has 0 aliphatic rings. The average molecular weight is 468 g/mol. The van der Waals surface area contributed by atoms with Crippen molar-refractivity contribution >= 4 is 22.8 Å². The van der Waals surface area contributed by atoms with E-state index in [-0.39, 0.29) is 17.4 Å². The van der Waals surface area contributed by atoms with Gasteiger partial charge in [0.15, 0.2) is 5.65 Å². The molecule has 1 amide bonds. The van der Waals surface area contributed by atoms with Crippen molar-refractivity contribution < 1.29 is 4.79 Å². The van der Waals surface area contributed by atoms with Gasteiger partial charge in [-0.1, -0.05) is 18.2 Å². The molecule has 0 bridgehead atoms. The van der Waals surface area contributed by atoms with Gasteiger partial charge in [0, 0.05) is 11.6 Å². The summed E-state index contributed by atoms with van der Waals surface area (Å²) in [5, 5.41) is 12.1. The largest absolute Gasteiger partial charge is 0.306 e. The maximum Gasteiger partial charge on any atom is 0.263 e. The Bertz CT molecular complexity index is 1670. The Morgan fingerprint density at radius 1 is 0.943 bits per heavy atom. The molecule has 2 aromatic carbocycles. The number of aryl methyl sites for hydroxylation is 4. The minimum atomic E-state index is -0.346. The topological polar surface area (TPSA) is 110 Å². The number of nitrogens with zero attached hydrogens (tertiary/aromatic N) is 5. The second-order valence-electron chi connectivity index (χ2n) is 8.74. The Balaban J connectivity index is 1.60. The molecule has 0 atom stereocenters. The smallest absolute Gasteiger partial charge is 0.263 e. The number of aromatic nitrogens is 6. The van der Waals surface area contributed by atoms with Gasteiger partial charge in [-0.25, -0.2) is 4.68 Å². The molecule has 0 saturated carbocycles. The fourth-order valence-corrected chi connectivity index (χ4v) is 3.97. The summed E-state index contributed by atoms with van der Waals surface area (Å²) in [5.41, 5.74) is 6.36. The Morgan fingerprint density at radius 2 is 1.74 bits per heavy atom. The molecular formula is C26H25N7O2. The van der Waals surface area contributed by atoms with Crippen molar-refractivity contribution in [2.75, 3.05) is 5.32 Å². The fourth-order valence-electron chi connectivity index (χ4n) is 3.97. The van der Waals surface area contributed by atoms with Gasteiger partial charge in [-0.2, -0.15) is 19.9 Å². The molecule has 9 nitrogen and oxygen atoms in total. The first-order chi connectivity index (χ1) is 16.7. The lowest BCUT2D eigenvalue weighted by atomic mass is 10.1. The van der Waals surface area contributed by atoms with Crippen LogP contribution in [-0.4, -0.2) is 35.4 Å². The summed E-state index contributed by atoms with van der Waals surface area (Å²) in [5.74, 6) is 0.294. The molecule has 0 unspecified atom stereocenters. The van der Waals surface area contributed by atoms with Crippen LogP contribution in [-0.2, 0) is 0 Å². The number of H-pyrrole nitrogens is 1. The number of carbonyl (C=O) groups is 1. The van der Waals surface area contributed by atoms with Gasteiger partial charge >= 0.3 is 0 Å². The Hall–Kier alpha value is -4.53. The lowest BCUT2D eigenvalue weighted by Gasteiger charge is -2.11. The van der Waals surface area contributed by atoms with E-state index < -0.39 is 0 Å². The molecule has 3 heterocycles. The van der Waals surface area contributed by atoms with E-state index >= 15 is 0 Å². The molecule has 0 aliphatic carbocycles. The van der Waals surface area contributed by atoms with Gasteiger partial charge in [0.25, 0.3) is 11.5 Å². The van der Waals surface area contributed by atoms with E-state index in [2.05, 4.69) is 25.5 Å². The third kappa shape index (κ3) is 3.90. The van der Waals surface area contributed by atoms with Crippen molar-refractivity contribution in [3.05, 3.63) is 92.5 Å². The van der Waals surface area contributed by atoms with Crippen molar-refractivity contribution in [1.29, 1.82) is 0 Å². The molecule has 0 radical (unpaired) electrons. The average Bonchev–Trinajstić information content (AvgIpc) is 3.41. The van der Waals surface area contributed by atoms with Crippen LogP contribution < -0.4 is 10.9 Å². The number of fused-ring (bicyclic) bond motifs is 1. The second-order valence-corrected chi connectivity index (χ2v) is 8.74. The highest BCUT2D eigenvalue weighted by Crippen LogP contribution is 2.22. The van der Waals surface area contributed by atoms with Gasteiger partial charge < -0.3 is 5.32 Å². The van der Waals surface area contributed by atoms with Crippen LogP contribution in [0.2, 0.25) is 0 Å². The van der Waals surface area contributed by atoms with Gasteiger partial charge in [-0.3, -0.25) is 14.6 Å². The van der Waals surface area contributed by atoms with Crippen LogP contribution in [0.1, 0.15) is 38.3 Å². The standard InChI is InChI=1S/C26H25N7O2/c1-14-9-10-19(11-16(14)3)24(34)28-22-12-17(4)31-33(22)26-29-23-20(25(35)30-26)13-27-32(23)21-8-6-7-15(2)18(21)5/h6-13H,1-5H3,(H,28,34)(H,29,30,35). The lowest BCUT2D eigenvalue weighted by molar-refractivity contribution is 0.102. The molecule has 2 N–H and O–H groups in total. The first-order valence-corrected chi connectivity index (χ1v) is 11.2. The summed E-state index contributed by atoms with van der Waals surface area (Å²) < 4.78 is 3.08. The van der Waals surface area contributed by atoms with Crippen molar-refractivity contribution in [3.8, 4) is 11.6 Å². The molecule has 0 aliphatic heterocycles. The Kier molecular flexibility index (Phi) is 5.32. The minimum Gasteiger partial charge on any atom is -0.306 e. The monoisotopic (exact) mass is 467 g/mol. The van der Waals surface area contributed by atoms with E-state index in [0.717, 1.165) is 27.9 Å². The minimum absolute atomic E-state index is 0.179. The van der Waals surface area contributed by atoms with E-state index in [9.17, 15) is 9.59 Å². The summed E-state index contributed by atoms with van der Waals surface area (Å²) in [4.78, 5) is 33.3. The normalized spacial score (nSPS) is 11.2. The van der Waals surface area contributed by atoms with Crippen LogP contribution in [0.5, 0.6) is 0 Å². The highest BCUT2D eigenvalue weighted by molar-refractivity contribution is 6.04. The van der Waals surface area contributed by atoms with E-state index in [0.29, 0.717) is 28.1 Å². The maximum atomic E-state index is 13.0. The molecule has 5 aromatic rings. The number of benzene rings is 2. The fraction of sp³-hybridized carbons (Fsp3) is 0.192. The molecule has 35 heavy (non-hydrogen) atoms. The molecule has 0 saturated heterocycles. The number of anilines is 1. The van der Waals surface area contributed by atoms with Gasteiger partial charge in [-0.05, 0) is 75.1 Å².